The molecule has 0 fully saturated rings. The van der Waals surface area contributed by atoms with Gasteiger partial charge >= 0.3 is 0 Å². The number of fused-ring (bicyclic) bond motifs is 3. The number of nitrogens with zero attached hydrogens (tertiary/aromatic N) is 3. The molecule has 2 heterocycles. The second-order valence-corrected chi connectivity index (χ2v) is 3.27. The predicted molar refractivity (Wildman–Crippen MR) is 62.9 cm³/mol. The minimum Gasteiger partial charge on any atom is -0.306 e. The van der Waals surface area contributed by atoms with Crippen molar-refractivity contribution in [2.75, 3.05) is 0 Å². The molecule has 0 saturated carbocycles. The molecule has 0 aliphatic carbocycles. The minimum absolute atomic E-state index is 0. The molecule has 0 saturated heterocycles. The molecule has 2 radical (unpaired) electrons. The van der Waals surface area contributed by atoms with Gasteiger partial charge in [-0.3, -0.25) is 0 Å². The van der Waals surface area contributed by atoms with Crippen LogP contribution in [-0.4, -0.2) is 14.6 Å². The summed E-state index contributed by atoms with van der Waals surface area (Å²) in [5, 5.41) is 12.1. The molecule has 0 aliphatic rings. The summed E-state index contributed by atoms with van der Waals surface area (Å²) >= 11 is 1.29. The maximum Gasteiger partial charge on any atom is 0.0771 e. The number of aromatic nitrogens is 3. The molecule has 0 atom stereocenters. The molecule has 3 aromatic rings. The summed E-state index contributed by atoms with van der Waals surface area (Å²) in [5.41, 5.74) is 2.54. The fourth-order valence-electron chi connectivity index (χ4n) is 1.31. The third kappa shape index (κ3) is 3.30. The monoisotopic (exact) mass is 318 g/mol. The van der Waals surface area contributed by atoms with Crippen LogP contribution in [0.2, 0.25) is 0 Å². The summed E-state index contributed by atoms with van der Waals surface area (Å²) in [6, 6.07) is 7.85. The van der Waals surface area contributed by atoms with Crippen molar-refractivity contribution in [2.24, 2.45) is 0 Å². The first-order chi connectivity index (χ1) is 7.45. The predicted octanol–water partition coefficient (Wildman–Crippen LogP) is 3.06. The zero-order chi connectivity index (χ0) is 10.7. The standard InChI is InChI=1S/C9H4N3S.C2H6.2V/c1-2-4-7-6(3-1)9-8(11-10-7)5-13-12-9;1-2;;/h1-4H;1-2H3;;/q-1;;;. The van der Waals surface area contributed by atoms with Gasteiger partial charge in [0.15, 0.2) is 0 Å². The average Bonchev–Trinajstić information content (AvgIpc) is 2.80. The van der Waals surface area contributed by atoms with E-state index in [0.717, 1.165) is 21.9 Å². The Morgan fingerprint density at radius 2 is 1.76 bits per heavy atom. The quantitative estimate of drug-likeness (QED) is 0.598. The Bertz CT molecular complexity index is 583. The summed E-state index contributed by atoms with van der Waals surface area (Å²) < 4.78 is 4.23. The molecule has 0 spiro atoms. The van der Waals surface area contributed by atoms with Crippen molar-refractivity contribution < 1.29 is 37.1 Å². The van der Waals surface area contributed by atoms with Gasteiger partial charge in [-0.2, -0.15) is 21.7 Å². The van der Waals surface area contributed by atoms with E-state index >= 15 is 0 Å². The molecule has 0 unspecified atom stereocenters. The third-order valence-corrected chi connectivity index (χ3v) is 2.48. The normalized spacial score (nSPS) is 8.82. The van der Waals surface area contributed by atoms with Crippen LogP contribution in [0.25, 0.3) is 21.9 Å². The van der Waals surface area contributed by atoms with Crippen LogP contribution in [0.3, 0.4) is 0 Å². The Hall–Kier alpha value is -0.381. The van der Waals surface area contributed by atoms with Gasteiger partial charge in [0.1, 0.15) is 0 Å². The van der Waals surface area contributed by atoms with Gasteiger partial charge < -0.3 is 4.37 Å². The molecule has 6 heteroatoms. The molecule has 0 N–H and O–H groups in total. The fraction of sp³-hybridized carbons (Fsp3) is 0.182. The summed E-state index contributed by atoms with van der Waals surface area (Å²) in [6.45, 7) is 4.00. The van der Waals surface area contributed by atoms with Crippen LogP contribution in [0.5, 0.6) is 0 Å². The van der Waals surface area contributed by atoms with Crippen LogP contribution < -0.4 is 0 Å². The molecule has 2 aromatic heterocycles. The van der Waals surface area contributed by atoms with Crippen molar-refractivity contribution in [1.82, 2.24) is 14.6 Å². The largest absolute Gasteiger partial charge is 0.306 e. The Morgan fingerprint density at radius 1 is 1.06 bits per heavy atom. The van der Waals surface area contributed by atoms with E-state index in [-0.39, 0.29) is 37.1 Å². The Labute approximate surface area is 128 Å². The molecule has 0 amide bonds. The summed E-state index contributed by atoms with van der Waals surface area (Å²) in [5.74, 6) is 0. The van der Waals surface area contributed by atoms with Gasteiger partial charge in [0.25, 0.3) is 0 Å². The van der Waals surface area contributed by atoms with Gasteiger partial charge in [0.05, 0.1) is 5.52 Å². The first kappa shape index (κ1) is 16.6. The molecular weight excluding hydrogens is 308 g/mol. The van der Waals surface area contributed by atoms with E-state index in [1.165, 1.54) is 11.5 Å². The van der Waals surface area contributed by atoms with Crippen LogP contribution in [0.4, 0.5) is 0 Å². The van der Waals surface area contributed by atoms with E-state index in [1.54, 1.807) is 0 Å². The van der Waals surface area contributed by atoms with Crippen molar-refractivity contribution in [3.63, 3.8) is 0 Å². The van der Waals surface area contributed by atoms with E-state index in [1.807, 2.05) is 38.1 Å². The Balaban J connectivity index is 0.000000611. The molecule has 17 heavy (non-hydrogen) atoms. The molecule has 3 rings (SSSR count). The minimum atomic E-state index is 0. The van der Waals surface area contributed by atoms with Crippen molar-refractivity contribution in [3.05, 3.63) is 29.6 Å². The van der Waals surface area contributed by atoms with Crippen LogP contribution in [0.1, 0.15) is 13.8 Å². The molecule has 86 valence electrons. The summed E-state index contributed by atoms with van der Waals surface area (Å²) in [4.78, 5) is 0. The van der Waals surface area contributed by atoms with Crippen LogP contribution in [0, 0.1) is 5.38 Å². The van der Waals surface area contributed by atoms with Gasteiger partial charge in [-0.15, -0.1) is 5.38 Å². The van der Waals surface area contributed by atoms with Crippen molar-refractivity contribution >= 4 is 33.5 Å². The van der Waals surface area contributed by atoms with Crippen LogP contribution in [0.15, 0.2) is 24.3 Å². The topological polar surface area (TPSA) is 38.7 Å². The maximum atomic E-state index is 4.23. The maximum absolute atomic E-state index is 4.23. The van der Waals surface area contributed by atoms with Crippen LogP contribution in [-0.2, 0) is 37.1 Å². The molecule has 3 nitrogen and oxygen atoms in total. The van der Waals surface area contributed by atoms with Gasteiger partial charge in [-0.05, 0) is 17.1 Å². The zero-order valence-corrected chi connectivity index (χ0v) is 13.1. The van der Waals surface area contributed by atoms with E-state index in [0.29, 0.717) is 0 Å². The van der Waals surface area contributed by atoms with E-state index < -0.39 is 0 Å². The Morgan fingerprint density at radius 3 is 2.53 bits per heavy atom. The number of hydrogen-bond acceptors (Lipinski definition) is 4. The van der Waals surface area contributed by atoms with E-state index in [9.17, 15) is 0 Å². The molecule has 0 aliphatic heterocycles. The van der Waals surface area contributed by atoms with Crippen LogP contribution >= 0.6 is 11.5 Å². The SMILES string of the molecule is CC.[V].[V].[c-]1snc2c1nnc1ccccc12. The zero-order valence-electron chi connectivity index (χ0n) is 9.45. The first-order valence-electron chi connectivity index (χ1n) is 4.83. The third-order valence-electron chi connectivity index (χ3n) is 1.92. The van der Waals surface area contributed by atoms with E-state index in [2.05, 4.69) is 20.0 Å². The van der Waals surface area contributed by atoms with E-state index in [4.69, 9.17) is 0 Å². The number of benzene rings is 1. The second-order valence-electron chi connectivity index (χ2n) is 2.70. The molecule has 1 aromatic carbocycles. The summed E-state index contributed by atoms with van der Waals surface area (Å²) in [7, 11) is 0. The van der Waals surface area contributed by atoms with Crippen molar-refractivity contribution in [2.45, 2.75) is 13.8 Å². The second kappa shape index (κ2) is 7.85. The van der Waals surface area contributed by atoms with Crippen molar-refractivity contribution in [1.29, 1.82) is 0 Å². The van der Waals surface area contributed by atoms with Gasteiger partial charge in [0, 0.05) is 37.1 Å². The number of hydrogen-bond donors (Lipinski definition) is 0. The first-order valence-corrected chi connectivity index (χ1v) is 5.61. The van der Waals surface area contributed by atoms with Gasteiger partial charge in [-0.25, -0.2) is 0 Å². The smallest absolute Gasteiger partial charge is 0.0771 e. The molecular formula is C11H10N3SV2-. The summed E-state index contributed by atoms with van der Waals surface area (Å²) in [6.07, 6.45) is 0. The number of rotatable bonds is 0. The van der Waals surface area contributed by atoms with Crippen molar-refractivity contribution in [3.8, 4) is 0 Å². The molecule has 0 bridgehead atoms. The van der Waals surface area contributed by atoms with Gasteiger partial charge in [-0.1, -0.05) is 37.4 Å². The Kier molecular flexibility index (Phi) is 7.68. The average molecular weight is 318 g/mol. The fourth-order valence-corrected chi connectivity index (χ4v) is 1.86. The van der Waals surface area contributed by atoms with Gasteiger partial charge in [0.2, 0.25) is 0 Å².